The van der Waals surface area contributed by atoms with Crippen LogP contribution >= 0.6 is 11.3 Å². The van der Waals surface area contributed by atoms with Gasteiger partial charge in [0, 0.05) is 26.2 Å². The van der Waals surface area contributed by atoms with Gasteiger partial charge in [-0.1, -0.05) is 12.1 Å². The topological polar surface area (TPSA) is 35.5 Å². The number of ether oxygens (including phenoxy) is 2. The number of hydrogen-bond donors (Lipinski definition) is 0. The van der Waals surface area contributed by atoms with Gasteiger partial charge in [-0.15, -0.1) is 11.3 Å². The van der Waals surface area contributed by atoms with Crippen molar-refractivity contribution in [1.29, 1.82) is 0 Å². The smallest absolute Gasteiger partial charge is 0.196 e. The first kappa shape index (κ1) is 12.0. The highest BCUT2D eigenvalue weighted by molar-refractivity contribution is 7.24. The van der Waals surface area contributed by atoms with Gasteiger partial charge < -0.3 is 9.47 Å². The van der Waals surface area contributed by atoms with Crippen LogP contribution in [0.3, 0.4) is 0 Å². The third kappa shape index (κ3) is 1.85. The zero-order valence-corrected chi connectivity index (χ0v) is 11.4. The molecule has 3 rings (SSSR count). The van der Waals surface area contributed by atoms with Crippen LogP contribution in [0.1, 0.15) is 0 Å². The Bertz CT molecular complexity index is 821. The lowest BCUT2D eigenvalue weighted by atomic mass is 10.1. The molecule has 0 radical (unpaired) electrons. The van der Waals surface area contributed by atoms with E-state index in [4.69, 9.17) is 9.47 Å². The second kappa shape index (κ2) is 4.55. The molecule has 3 aromatic rings. The summed E-state index contributed by atoms with van der Waals surface area (Å²) in [4.78, 5) is 12.5. The predicted octanol–water partition coefficient (Wildman–Crippen LogP) is 3.43. The summed E-state index contributed by atoms with van der Waals surface area (Å²) >= 11 is 1.58. The molecule has 0 saturated carbocycles. The number of methoxy groups -OCH3 is 2. The van der Waals surface area contributed by atoms with E-state index in [1.165, 1.54) is 0 Å². The van der Waals surface area contributed by atoms with Crippen molar-refractivity contribution in [2.75, 3.05) is 14.2 Å². The van der Waals surface area contributed by atoms with Gasteiger partial charge in [0.15, 0.2) is 16.9 Å². The lowest BCUT2D eigenvalue weighted by Gasteiger charge is -2.09. The zero-order chi connectivity index (χ0) is 13.4. The van der Waals surface area contributed by atoms with Crippen molar-refractivity contribution in [3.8, 4) is 11.5 Å². The second-order valence-corrected chi connectivity index (χ2v) is 5.21. The Morgan fingerprint density at radius 3 is 2.32 bits per heavy atom. The Balaban J connectivity index is 2.48. The summed E-state index contributed by atoms with van der Waals surface area (Å²) in [7, 11) is 3.16. The molecule has 0 spiro atoms. The van der Waals surface area contributed by atoms with Crippen molar-refractivity contribution in [1.82, 2.24) is 0 Å². The normalized spacial score (nSPS) is 10.8. The quantitative estimate of drug-likeness (QED) is 0.670. The molecule has 0 N–H and O–H groups in total. The molecule has 0 atom stereocenters. The van der Waals surface area contributed by atoms with Gasteiger partial charge in [-0.25, -0.2) is 0 Å². The van der Waals surface area contributed by atoms with Crippen LogP contribution in [0, 0.1) is 0 Å². The average molecular weight is 272 g/mol. The summed E-state index contributed by atoms with van der Waals surface area (Å²) in [5.74, 6) is 1.22. The minimum absolute atomic E-state index is 0.0327. The van der Waals surface area contributed by atoms with E-state index < -0.39 is 0 Å². The van der Waals surface area contributed by atoms with Crippen LogP contribution in [0.5, 0.6) is 11.5 Å². The van der Waals surface area contributed by atoms with Crippen molar-refractivity contribution in [3.05, 3.63) is 46.6 Å². The van der Waals surface area contributed by atoms with Crippen molar-refractivity contribution in [2.45, 2.75) is 0 Å². The molecule has 0 fully saturated rings. The molecular formula is C15H12O3S. The minimum atomic E-state index is 0.0327. The van der Waals surface area contributed by atoms with E-state index in [0.717, 1.165) is 14.8 Å². The average Bonchev–Trinajstić information content (AvgIpc) is 2.46. The van der Waals surface area contributed by atoms with Crippen LogP contribution in [0.4, 0.5) is 0 Å². The summed E-state index contributed by atoms with van der Waals surface area (Å²) in [5, 5.41) is 1.41. The Morgan fingerprint density at radius 2 is 1.58 bits per heavy atom. The molecule has 3 nitrogen and oxygen atoms in total. The van der Waals surface area contributed by atoms with E-state index in [0.29, 0.717) is 16.9 Å². The van der Waals surface area contributed by atoms with E-state index in [9.17, 15) is 4.79 Å². The first-order valence-electron chi connectivity index (χ1n) is 5.82. The number of benzene rings is 2. The monoisotopic (exact) mass is 272 g/mol. The van der Waals surface area contributed by atoms with Gasteiger partial charge in [0.05, 0.1) is 14.2 Å². The van der Waals surface area contributed by atoms with E-state index in [2.05, 4.69) is 0 Å². The Hall–Kier alpha value is -2.07. The van der Waals surface area contributed by atoms with Gasteiger partial charge in [0.2, 0.25) is 0 Å². The number of fused-ring (bicyclic) bond motifs is 2. The van der Waals surface area contributed by atoms with Crippen LogP contribution in [0.25, 0.3) is 20.2 Å². The molecule has 0 amide bonds. The molecule has 96 valence electrons. The first-order valence-corrected chi connectivity index (χ1v) is 6.64. The van der Waals surface area contributed by atoms with Crippen LogP contribution < -0.4 is 14.9 Å². The van der Waals surface area contributed by atoms with Gasteiger partial charge in [-0.05, 0) is 18.2 Å². The standard InChI is InChI=1S/C15H12O3S/c1-17-11-7-10-14(8-12(11)18-2)19-13-6-4-3-5-9(13)15(10)16/h3-8H,1-2H3. The maximum Gasteiger partial charge on any atom is 0.196 e. The summed E-state index contributed by atoms with van der Waals surface area (Å²) in [6, 6.07) is 11.2. The SMILES string of the molecule is COc1cc2sc3ccccc3c(=O)c2cc1OC. The largest absolute Gasteiger partial charge is 0.493 e. The lowest BCUT2D eigenvalue weighted by Crippen LogP contribution is -2.01. The molecule has 0 bridgehead atoms. The maximum absolute atomic E-state index is 12.5. The highest BCUT2D eigenvalue weighted by Gasteiger charge is 2.11. The fourth-order valence-corrected chi connectivity index (χ4v) is 3.21. The molecule has 1 aromatic heterocycles. The highest BCUT2D eigenvalue weighted by Crippen LogP contribution is 2.34. The van der Waals surface area contributed by atoms with Crippen molar-refractivity contribution in [3.63, 3.8) is 0 Å². The molecule has 19 heavy (non-hydrogen) atoms. The highest BCUT2D eigenvalue weighted by atomic mass is 32.1. The van der Waals surface area contributed by atoms with Gasteiger partial charge >= 0.3 is 0 Å². The van der Waals surface area contributed by atoms with Crippen LogP contribution in [0.15, 0.2) is 41.2 Å². The van der Waals surface area contributed by atoms with Crippen molar-refractivity contribution >= 4 is 31.5 Å². The molecular weight excluding hydrogens is 260 g/mol. The first-order chi connectivity index (χ1) is 9.24. The summed E-state index contributed by atoms with van der Waals surface area (Å²) in [6.07, 6.45) is 0. The van der Waals surface area contributed by atoms with E-state index in [1.807, 2.05) is 30.3 Å². The van der Waals surface area contributed by atoms with Crippen LogP contribution in [0.2, 0.25) is 0 Å². The van der Waals surface area contributed by atoms with Gasteiger partial charge in [-0.3, -0.25) is 4.79 Å². The molecule has 4 heteroatoms. The molecule has 0 saturated heterocycles. The predicted molar refractivity (Wildman–Crippen MR) is 78.7 cm³/mol. The van der Waals surface area contributed by atoms with Crippen molar-refractivity contribution in [2.24, 2.45) is 0 Å². The maximum atomic E-state index is 12.5. The minimum Gasteiger partial charge on any atom is -0.493 e. The van der Waals surface area contributed by atoms with Gasteiger partial charge in [0.25, 0.3) is 0 Å². The van der Waals surface area contributed by atoms with Crippen LogP contribution in [-0.4, -0.2) is 14.2 Å². The van der Waals surface area contributed by atoms with Gasteiger partial charge in [-0.2, -0.15) is 0 Å². The van der Waals surface area contributed by atoms with Crippen molar-refractivity contribution < 1.29 is 9.47 Å². The fourth-order valence-electron chi connectivity index (χ4n) is 2.13. The summed E-state index contributed by atoms with van der Waals surface area (Å²) in [5.41, 5.74) is 0.0327. The second-order valence-electron chi connectivity index (χ2n) is 4.13. The molecule has 0 unspecified atom stereocenters. The molecule has 1 heterocycles. The summed E-state index contributed by atoms with van der Waals surface area (Å²) < 4.78 is 12.4. The van der Waals surface area contributed by atoms with E-state index in [1.54, 1.807) is 31.6 Å². The fraction of sp³-hybridized carbons (Fsp3) is 0.133. The van der Waals surface area contributed by atoms with E-state index in [-0.39, 0.29) is 5.43 Å². The third-order valence-electron chi connectivity index (χ3n) is 3.08. The Labute approximate surface area is 114 Å². The molecule has 0 aliphatic rings. The Kier molecular flexibility index (Phi) is 2.87. The Morgan fingerprint density at radius 1 is 0.895 bits per heavy atom. The third-order valence-corrected chi connectivity index (χ3v) is 4.22. The zero-order valence-electron chi connectivity index (χ0n) is 10.6. The van der Waals surface area contributed by atoms with E-state index >= 15 is 0 Å². The molecule has 0 aliphatic carbocycles. The number of hydrogen-bond acceptors (Lipinski definition) is 4. The molecule has 0 aliphatic heterocycles. The lowest BCUT2D eigenvalue weighted by molar-refractivity contribution is 0.356. The summed E-state index contributed by atoms with van der Waals surface area (Å²) in [6.45, 7) is 0. The number of rotatable bonds is 2. The van der Waals surface area contributed by atoms with Gasteiger partial charge in [0.1, 0.15) is 0 Å². The molecule has 2 aromatic carbocycles. The van der Waals surface area contributed by atoms with Crippen LogP contribution in [-0.2, 0) is 0 Å².